The Kier molecular flexibility index (Phi) is 6.57. The Morgan fingerprint density at radius 2 is 1.75 bits per heavy atom. The van der Waals surface area contributed by atoms with Gasteiger partial charge in [-0.2, -0.15) is 0 Å². The van der Waals surface area contributed by atoms with Crippen molar-refractivity contribution >= 4 is 23.4 Å². The first-order valence-corrected chi connectivity index (χ1v) is 9.76. The van der Waals surface area contributed by atoms with E-state index in [-0.39, 0.29) is 11.9 Å². The molecule has 0 atom stereocenters. The number of benzene rings is 1. The number of likely N-dealkylation sites (tertiary alicyclic amines) is 1. The maximum atomic E-state index is 12.8. The van der Waals surface area contributed by atoms with E-state index < -0.39 is 0 Å². The summed E-state index contributed by atoms with van der Waals surface area (Å²) in [7, 11) is 0. The van der Waals surface area contributed by atoms with E-state index in [1.54, 1.807) is 44.2 Å². The van der Waals surface area contributed by atoms with E-state index >= 15 is 0 Å². The van der Waals surface area contributed by atoms with Gasteiger partial charge in [0.1, 0.15) is 17.3 Å². The fraction of sp³-hybridized carbons (Fsp3) is 0.429. The summed E-state index contributed by atoms with van der Waals surface area (Å²) < 4.78 is 4.99. The van der Waals surface area contributed by atoms with Crippen LogP contribution in [0.4, 0.5) is 11.5 Å². The number of esters is 1. The number of hydrogen-bond acceptors (Lipinski definition) is 6. The molecule has 0 bridgehead atoms. The maximum Gasteiger partial charge on any atom is 0.338 e. The number of anilines is 2. The standard InChI is InChI=1S/C21H26N4O3/c1-3-28-21(27)16-8-10-17(11-9-16)24-19-14-18(22-15(2)23-19)20(26)25-12-6-4-5-7-13-25/h8-11,14H,3-7,12-13H2,1-2H3,(H,22,23,24). The van der Waals surface area contributed by atoms with Gasteiger partial charge in [-0.05, 0) is 51.0 Å². The Morgan fingerprint density at radius 3 is 2.39 bits per heavy atom. The smallest absolute Gasteiger partial charge is 0.338 e. The van der Waals surface area contributed by atoms with Crippen LogP contribution in [0.15, 0.2) is 30.3 Å². The number of hydrogen-bond donors (Lipinski definition) is 1. The first-order valence-electron chi connectivity index (χ1n) is 9.76. The molecule has 2 aromatic rings. The SMILES string of the molecule is CCOC(=O)c1ccc(Nc2cc(C(=O)N3CCCCCC3)nc(C)n2)cc1. The largest absolute Gasteiger partial charge is 0.462 e. The fourth-order valence-corrected chi connectivity index (χ4v) is 3.23. The second-order valence-corrected chi connectivity index (χ2v) is 6.81. The van der Waals surface area contributed by atoms with Crippen LogP contribution in [0.3, 0.4) is 0 Å². The highest BCUT2D eigenvalue weighted by molar-refractivity contribution is 5.93. The van der Waals surface area contributed by atoms with Gasteiger partial charge in [-0.3, -0.25) is 4.79 Å². The molecular weight excluding hydrogens is 356 g/mol. The Morgan fingerprint density at radius 1 is 1.07 bits per heavy atom. The maximum absolute atomic E-state index is 12.8. The average Bonchev–Trinajstić information content (AvgIpc) is 2.97. The van der Waals surface area contributed by atoms with Gasteiger partial charge in [0, 0.05) is 24.8 Å². The number of carbonyl (C=O) groups is 2. The molecule has 1 aliphatic heterocycles. The molecule has 1 fully saturated rings. The Hall–Kier alpha value is -2.96. The Bertz CT molecular complexity index is 828. The number of carbonyl (C=O) groups excluding carboxylic acids is 2. The van der Waals surface area contributed by atoms with Crippen LogP contribution in [0.25, 0.3) is 0 Å². The molecule has 1 aliphatic rings. The van der Waals surface area contributed by atoms with Crippen molar-refractivity contribution in [3.05, 3.63) is 47.4 Å². The summed E-state index contributed by atoms with van der Waals surface area (Å²) in [5, 5.41) is 3.18. The molecule has 1 saturated heterocycles. The zero-order valence-electron chi connectivity index (χ0n) is 16.4. The van der Waals surface area contributed by atoms with Gasteiger partial charge in [0.25, 0.3) is 5.91 Å². The van der Waals surface area contributed by atoms with Gasteiger partial charge in [-0.15, -0.1) is 0 Å². The topological polar surface area (TPSA) is 84.4 Å². The third-order valence-corrected chi connectivity index (χ3v) is 4.62. The minimum atomic E-state index is -0.350. The minimum Gasteiger partial charge on any atom is -0.462 e. The van der Waals surface area contributed by atoms with Crippen LogP contribution < -0.4 is 5.32 Å². The minimum absolute atomic E-state index is 0.0480. The molecule has 7 nitrogen and oxygen atoms in total. The quantitative estimate of drug-likeness (QED) is 0.794. The zero-order chi connectivity index (χ0) is 19.9. The predicted octanol–water partition coefficient (Wildman–Crippen LogP) is 3.72. The van der Waals surface area contributed by atoms with Crippen LogP contribution in [0.5, 0.6) is 0 Å². The van der Waals surface area contributed by atoms with Gasteiger partial charge in [-0.1, -0.05) is 12.8 Å². The molecule has 0 radical (unpaired) electrons. The number of aromatic nitrogens is 2. The second kappa shape index (κ2) is 9.30. The number of rotatable bonds is 5. The summed E-state index contributed by atoms with van der Waals surface area (Å²) in [4.78, 5) is 35.2. The summed E-state index contributed by atoms with van der Waals surface area (Å²) in [6.45, 7) is 5.44. The van der Waals surface area contributed by atoms with Crippen molar-refractivity contribution in [1.82, 2.24) is 14.9 Å². The van der Waals surface area contributed by atoms with Crippen molar-refractivity contribution in [2.24, 2.45) is 0 Å². The van der Waals surface area contributed by atoms with Gasteiger partial charge in [0.15, 0.2) is 0 Å². The molecule has 2 heterocycles. The van der Waals surface area contributed by atoms with Gasteiger partial charge in [0.2, 0.25) is 0 Å². The molecule has 0 aliphatic carbocycles. The molecule has 1 aromatic heterocycles. The molecule has 28 heavy (non-hydrogen) atoms. The highest BCUT2D eigenvalue weighted by Gasteiger charge is 2.19. The summed E-state index contributed by atoms with van der Waals surface area (Å²) in [6, 6.07) is 8.62. The highest BCUT2D eigenvalue weighted by atomic mass is 16.5. The molecule has 0 unspecified atom stereocenters. The van der Waals surface area contributed by atoms with Crippen molar-refractivity contribution in [3.63, 3.8) is 0 Å². The van der Waals surface area contributed by atoms with Crippen molar-refractivity contribution in [3.8, 4) is 0 Å². The van der Waals surface area contributed by atoms with E-state index in [0.717, 1.165) is 31.6 Å². The Balaban J connectivity index is 1.74. The molecule has 0 saturated carbocycles. The number of ether oxygens (including phenoxy) is 1. The molecule has 1 amide bonds. The first-order chi connectivity index (χ1) is 13.6. The fourth-order valence-electron chi connectivity index (χ4n) is 3.23. The lowest BCUT2D eigenvalue weighted by Crippen LogP contribution is -2.32. The van der Waals surface area contributed by atoms with Gasteiger partial charge in [-0.25, -0.2) is 14.8 Å². The van der Waals surface area contributed by atoms with E-state index in [0.29, 0.717) is 29.5 Å². The van der Waals surface area contributed by atoms with Crippen molar-refractivity contribution < 1.29 is 14.3 Å². The monoisotopic (exact) mass is 382 g/mol. The molecular formula is C21H26N4O3. The first kappa shape index (κ1) is 19.8. The molecule has 0 spiro atoms. The normalized spacial score (nSPS) is 14.3. The van der Waals surface area contributed by atoms with Crippen LogP contribution in [0.1, 0.15) is 59.3 Å². The Labute approximate surface area is 165 Å². The van der Waals surface area contributed by atoms with Crippen molar-refractivity contribution in [2.75, 3.05) is 25.0 Å². The van der Waals surface area contributed by atoms with Crippen LogP contribution in [-0.4, -0.2) is 46.4 Å². The molecule has 148 valence electrons. The zero-order valence-corrected chi connectivity index (χ0v) is 16.4. The summed E-state index contributed by atoms with van der Waals surface area (Å²) in [5.41, 5.74) is 1.66. The predicted molar refractivity (Wildman–Crippen MR) is 107 cm³/mol. The van der Waals surface area contributed by atoms with E-state index in [9.17, 15) is 9.59 Å². The van der Waals surface area contributed by atoms with E-state index in [1.807, 2.05) is 4.90 Å². The van der Waals surface area contributed by atoms with E-state index in [2.05, 4.69) is 15.3 Å². The summed E-state index contributed by atoms with van der Waals surface area (Å²) >= 11 is 0. The van der Waals surface area contributed by atoms with E-state index in [4.69, 9.17) is 4.74 Å². The molecule has 7 heteroatoms. The lowest BCUT2D eigenvalue weighted by Gasteiger charge is -2.20. The lowest BCUT2D eigenvalue weighted by molar-refractivity contribution is 0.0526. The number of amides is 1. The molecule has 1 N–H and O–H groups in total. The third-order valence-electron chi connectivity index (χ3n) is 4.62. The molecule has 3 rings (SSSR count). The van der Waals surface area contributed by atoms with Crippen molar-refractivity contribution in [2.45, 2.75) is 39.5 Å². The summed E-state index contributed by atoms with van der Waals surface area (Å²) in [6.07, 6.45) is 4.41. The van der Waals surface area contributed by atoms with Gasteiger partial charge >= 0.3 is 5.97 Å². The number of nitrogens with one attached hydrogen (secondary N) is 1. The second-order valence-electron chi connectivity index (χ2n) is 6.81. The van der Waals surface area contributed by atoms with Crippen LogP contribution >= 0.6 is 0 Å². The van der Waals surface area contributed by atoms with E-state index in [1.165, 1.54) is 12.8 Å². The lowest BCUT2D eigenvalue weighted by atomic mass is 10.2. The van der Waals surface area contributed by atoms with Crippen molar-refractivity contribution in [1.29, 1.82) is 0 Å². The molecule has 1 aromatic carbocycles. The van der Waals surface area contributed by atoms with Gasteiger partial charge < -0.3 is 15.0 Å². The number of aryl methyl sites for hydroxylation is 1. The highest BCUT2D eigenvalue weighted by Crippen LogP contribution is 2.19. The number of nitrogens with zero attached hydrogens (tertiary/aromatic N) is 3. The third kappa shape index (κ3) is 5.06. The van der Waals surface area contributed by atoms with Gasteiger partial charge in [0.05, 0.1) is 12.2 Å². The average molecular weight is 382 g/mol. The van der Waals surface area contributed by atoms with Crippen LogP contribution in [0.2, 0.25) is 0 Å². The summed E-state index contributed by atoms with van der Waals surface area (Å²) in [5.74, 6) is 0.686. The van der Waals surface area contributed by atoms with Crippen LogP contribution in [-0.2, 0) is 4.74 Å². The van der Waals surface area contributed by atoms with Crippen LogP contribution in [0, 0.1) is 6.92 Å².